The predicted octanol–water partition coefficient (Wildman–Crippen LogP) is 6.41. The Morgan fingerprint density at radius 2 is 1.59 bits per heavy atom. The third-order valence-electron chi connectivity index (χ3n) is 6.38. The van der Waals surface area contributed by atoms with Gasteiger partial charge in [0.2, 0.25) is 0 Å². The minimum Gasteiger partial charge on any atom is -0.478 e. The van der Waals surface area contributed by atoms with Crippen molar-refractivity contribution in [2.24, 2.45) is 0 Å². The molecule has 0 aliphatic heterocycles. The van der Waals surface area contributed by atoms with Crippen LogP contribution in [0, 0.1) is 13.8 Å². The summed E-state index contributed by atoms with van der Waals surface area (Å²) in [4.78, 5) is 50.9. The van der Waals surface area contributed by atoms with E-state index in [4.69, 9.17) is 20.8 Å². The lowest BCUT2D eigenvalue weighted by atomic mass is 9.84. The van der Waals surface area contributed by atoms with Gasteiger partial charge in [-0.3, -0.25) is 0 Å². The highest BCUT2D eigenvalue weighted by molar-refractivity contribution is 9.10. The quantitative estimate of drug-likeness (QED) is 0.186. The van der Waals surface area contributed by atoms with Gasteiger partial charge in [-0.2, -0.15) is 0 Å². The van der Waals surface area contributed by atoms with Gasteiger partial charge < -0.3 is 24.1 Å². The number of furan rings is 1. The van der Waals surface area contributed by atoms with E-state index in [0.717, 1.165) is 20.3 Å². The van der Waals surface area contributed by atoms with Crippen LogP contribution in [0.1, 0.15) is 37.4 Å². The van der Waals surface area contributed by atoms with Crippen LogP contribution in [0.25, 0.3) is 38.6 Å². The van der Waals surface area contributed by atoms with Crippen molar-refractivity contribution in [3.05, 3.63) is 73.7 Å². The number of hydrogen-bond donors (Lipinski definition) is 2. The monoisotopic (exact) mass is 614 g/mol. The van der Waals surface area contributed by atoms with E-state index >= 15 is 0 Å². The van der Waals surface area contributed by atoms with Crippen LogP contribution in [0.2, 0.25) is 5.02 Å². The van der Waals surface area contributed by atoms with E-state index in [0.29, 0.717) is 37.2 Å². The minimum atomic E-state index is -1.66. The van der Waals surface area contributed by atoms with Gasteiger partial charge >= 0.3 is 23.9 Å². The van der Waals surface area contributed by atoms with E-state index in [-0.39, 0.29) is 22.1 Å². The smallest absolute Gasteiger partial charge is 0.338 e. The lowest BCUT2D eigenvalue weighted by molar-refractivity contribution is -0.136. The normalized spacial score (nSPS) is 11.6. The first kappa shape index (κ1) is 27.9. The Bertz CT molecular complexity index is 1760. The maximum atomic E-state index is 13.0. The largest absolute Gasteiger partial charge is 0.478 e. The third kappa shape index (κ3) is 4.66. The van der Waals surface area contributed by atoms with Crippen molar-refractivity contribution >= 4 is 78.9 Å². The van der Waals surface area contributed by atoms with Gasteiger partial charge in [-0.1, -0.05) is 39.7 Å². The van der Waals surface area contributed by atoms with Gasteiger partial charge in [0.15, 0.2) is 0 Å². The number of rotatable bonds is 6. The molecule has 4 rings (SSSR count). The molecule has 1 heterocycles. The van der Waals surface area contributed by atoms with Crippen LogP contribution in [-0.4, -0.2) is 48.3 Å². The van der Waals surface area contributed by atoms with Crippen LogP contribution in [0.5, 0.6) is 0 Å². The summed E-state index contributed by atoms with van der Waals surface area (Å²) in [6.07, 6.45) is 0.749. The minimum absolute atomic E-state index is 0.0232. The number of halogens is 2. The van der Waals surface area contributed by atoms with E-state index in [1.54, 1.807) is 44.2 Å². The van der Waals surface area contributed by atoms with Gasteiger partial charge in [0.25, 0.3) is 0 Å². The fourth-order valence-electron chi connectivity index (χ4n) is 4.49. The van der Waals surface area contributed by atoms with Crippen molar-refractivity contribution in [2.75, 3.05) is 14.2 Å². The van der Waals surface area contributed by atoms with Gasteiger partial charge in [-0.25, -0.2) is 19.2 Å². The SMILES string of the molecule is COC(=O)/C=C(\C(=O)OC)c1c(C(=O)O)c(C(=O)O)c(-c2cccc(Br)c2)c2oc3c(C)c(C)c(Cl)cc3c12. The molecule has 0 saturated heterocycles. The highest BCUT2D eigenvalue weighted by Crippen LogP contribution is 2.47. The lowest BCUT2D eigenvalue weighted by Gasteiger charge is -2.17. The maximum absolute atomic E-state index is 13.0. The zero-order valence-corrected chi connectivity index (χ0v) is 23.3. The van der Waals surface area contributed by atoms with E-state index < -0.39 is 40.6 Å². The molecule has 0 saturated carbocycles. The van der Waals surface area contributed by atoms with Gasteiger partial charge in [-0.15, -0.1) is 0 Å². The number of benzene rings is 3. The van der Waals surface area contributed by atoms with Crippen molar-refractivity contribution in [3.63, 3.8) is 0 Å². The molecule has 0 bridgehead atoms. The van der Waals surface area contributed by atoms with Crippen LogP contribution in [-0.2, 0) is 19.1 Å². The molecule has 2 N–H and O–H groups in total. The molecule has 9 nitrogen and oxygen atoms in total. The number of methoxy groups -OCH3 is 2. The fraction of sp³-hybridized carbons (Fsp3) is 0.143. The van der Waals surface area contributed by atoms with Crippen molar-refractivity contribution in [3.8, 4) is 11.1 Å². The third-order valence-corrected chi connectivity index (χ3v) is 7.27. The second-order valence-electron chi connectivity index (χ2n) is 8.48. The second-order valence-corrected chi connectivity index (χ2v) is 9.81. The van der Waals surface area contributed by atoms with Crippen LogP contribution in [0.3, 0.4) is 0 Å². The molecule has 11 heteroatoms. The Kier molecular flexibility index (Phi) is 7.54. The Morgan fingerprint density at radius 1 is 0.923 bits per heavy atom. The van der Waals surface area contributed by atoms with E-state index in [1.807, 2.05) is 0 Å². The number of aromatic carboxylic acids is 2. The molecule has 0 unspecified atom stereocenters. The number of carbonyl (C=O) groups is 4. The van der Waals surface area contributed by atoms with Gasteiger partial charge in [0, 0.05) is 37.5 Å². The highest BCUT2D eigenvalue weighted by atomic mass is 79.9. The molecule has 0 amide bonds. The maximum Gasteiger partial charge on any atom is 0.338 e. The number of carbonyl (C=O) groups excluding carboxylic acids is 2. The molecular formula is C28H20BrClO9. The van der Waals surface area contributed by atoms with Crippen molar-refractivity contribution < 1.29 is 43.3 Å². The first-order valence-corrected chi connectivity index (χ1v) is 12.4. The number of carboxylic acids is 2. The zero-order valence-electron chi connectivity index (χ0n) is 21.0. The summed E-state index contributed by atoms with van der Waals surface area (Å²) < 4.78 is 16.4. The molecule has 0 atom stereocenters. The Labute approximate surface area is 234 Å². The van der Waals surface area contributed by atoms with Crippen LogP contribution >= 0.6 is 27.5 Å². The highest BCUT2D eigenvalue weighted by Gasteiger charge is 2.35. The van der Waals surface area contributed by atoms with Crippen LogP contribution in [0.4, 0.5) is 0 Å². The molecule has 1 aromatic heterocycles. The number of fused-ring (bicyclic) bond motifs is 3. The summed E-state index contributed by atoms with van der Waals surface area (Å²) in [6, 6.07) is 8.11. The van der Waals surface area contributed by atoms with E-state index in [2.05, 4.69) is 20.7 Å². The molecule has 3 aromatic carbocycles. The summed E-state index contributed by atoms with van der Waals surface area (Å²) in [5.41, 5.74) is -0.450. The molecule has 0 spiro atoms. The molecule has 0 aliphatic carbocycles. The van der Waals surface area contributed by atoms with Gasteiger partial charge in [0.05, 0.1) is 30.9 Å². The van der Waals surface area contributed by atoms with Gasteiger partial charge in [-0.05, 0) is 48.7 Å². The molecule has 4 aromatic rings. The molecule has 0 fully saturated rings. The Morgan fingerprint density at radius 3 is 2.15 bits per heavy atom. The lowest BCUT2D eigenvalue weighted by Crippen LogP contribution is -2.17. The zero-order chi connectivity index (χ0) is 28.8. The number of carboxylic acid groups (broad SMARTS) is 2. The van der Waals surface area contributed by atoms with Crippen molar-refractivity contribution in [1.82, 2.24) is 0 Å². The number of hydrogen-bond acceptors (Lipinski definition) is 7. The topological polar surface area (TPSA) is 140 Å². The van der Waals surface area contributed by atoms with Crippen molar-refractivity contribution in [1.29, 1.82) is 0 Å². The van der Waals surface area contributed by atoms with E-state index in [1.165, 1.54) is 0 Å². The van der Waals surface area contributed by atoms with E-state index in [9.17, 15) is 29.4 Å². The molecular weight excluding hydrogens is 596 g/mol. The summed E-state index contributed by atoms with van der Waals surface area (Å²) in [5, 5.41) is 21.5. The molecule has 0 radical (unpaired) electrons. The number of esters is 2. The Balaban J connectivity index is 2.46. The van der Waals surface area contributed by atoms with Gasteiger partial charge in [0.1, 0.15) is 11.2 Å². The molecule has 0 aliphatic rings. The average molecular weight is 616 g/mol. The summed E-state index contributed by atoms with van der Waals surface area (Å²) in [6.45, 7) is 3.51. The average Bonchev–Trinajstić information content (AvgIpc) is 3.27. The standard InChI is InChI=1S/C28H20BrClO9/c1-11-12(2)24-15(9-17(11)30)21-20(16(28(36)38-4)10-18(31)37-3)23(27(34)35)22(26(32)33)19(25(21)39-24)13-6-5-7-14(29)8-13/h5-10H,1-4H3,(H,32,33)(H,34,35)/b16-10-. The van der Waals surface area contributed by atoms with Crippen LogP contribution in [0.15, 0.2) is 45.3 Å². The number of aryl methyl sites for hydroxylation is 1. The molecule has 39 heavy (non-hydrogen) atoms. The second kappa shape index (κ2) is 10.5. The summed E-state index contributed by atoms with van der Waals surface area (Å²) in [5.74, 6) is -5.35. The first-order chi connectivity index (χ1) is 18.4. The predicted molar refractivity (Wildman–Crippen MR) is 147 cm³/mol. The fourth-order valence-corrected chi connectivity index (χ4v) is 5.14. The van der Waals surface area contributed by atoms with Crippen LogP contribution < -0.4 is 0 Å². The Hall–Kier alpha value is -4.15. The number of ether oxygens (including phenoxy) is 2. The first-order valence-electron chi connectivity index (χ1n) is 11.3. The summed E-state index contributed by atoms with van der Waals surface area (Å²) >= 11 is 9.87. The van der Waals surface area contributed by atoms with Crippen molar-refractivity contribution in [2.45, 2.75) is 13.8 Å². The molecule has 200 valence electrons. The summed E-state index contributed by atoms with van der Waals surface area (Å²) in [7, 11) is 2.11.